The van der Waals surface area contributed by atoms with Gasteiger partial charge in [-0.2, -0.15) is 0 Å². The average molecular weight is 275 g/mol. The van der Waals surface area contributed by atoms with Crippen molar-refractivity contribution in [3.63, 3.8) is 0 Å². The van der Waals surface area contributed by atoms with E-state index in [1.807, 2.05) is 18.2 Å². The molecule has 1 amide bonds. The zero-order valence-electron chi connectivity index (χ0n) is 11.6. The van der Waals surface area contributed by atoms with E-state index < -0.39 is 0 Å². The van der Waals surface area contributed by atoms with E-state index in [0.717, 1.165) is 38.3 Å². The number of hydrogen-bond donors (Lipinski definition) is 2. The lowest BCUT2D eigenvalue weighted by atomic mass is 10.1. The van der Waals surface area contributed by atoms with Crippen molar-refractivity contribution >= 4 is 5.91 Å². The van der Waals surface area contributed by atoms with E-state index >= 15 is 0 Å². The maximum Gasteiger partial charge on any atom is 0.234 e. The minimum atomic E-state index is 0.0689. The Morgan fingerprint density at radius 1 is 1.35 bits per heavy atom. The van der Waals surface area contributed by atoms with Gasteiger partial charge in [0.25, 0.3) is 0 Å². The number of ether oxygens (including phenoxy) is 1. The van der Waals surface area contributed by atoms with Crippen LogP contribution in [0, 0.1) is 0 Å². The van der Waals surface area contributed by atoms with Crippen LogP contribution < -0.4 is 15.4 Å². The van der Waals surface area contributed by atoms with Gasteiger partial charge in [-0.15, -0.1) is 0 Å². The highest BCUT2D eigenvalue weighted by Crippen LogP contribution is 2.27. The molecule has 0 saturated carbocycles. The third-order valence-electron chi connectivity index (χ3n) is 3.82. The molecule has 1 fully saturated rings. The molecule has 5 nitrogen and oxygen atoms in total. The minimum absolute atomic E-state index is 0.0689. The molecule has 1 unspecified atom stereocenters. The fourth-order valence-electron chi connectivity index (χ4n) is 2.72. The summed E-state index contributed by atoms with van der Waals surface area (Å²) in [5.41, 5.74) is 1.23. The van der Waals surface area contributed by atoms with Crippen molar-refractivity contribution in [2.75, 3.05) is 39.3 Å². The van der Waals surface area contributed by atoms with Crippen LogP contribution in [0.2, 0.25) is 0 Å². The molecule has 0 spiro atoms. The Morgan fingerprint density at radius 3 is 2.95 bits per heavy atom. The van der Waals surface area contributed by atoms with Crippen LogP contribution in [0.15, 0.2) is 24.3 Å². The first-order valence-corrected chi connectivity index (χ1v) is 7.25. The van der Waals surface area contributed by atoms with Gasteiger partial charge < -0.3 is 15.4 Å². The van der Waals surface area contributed by atoms with Gasteiger partial charge in [0.05, 0.1) is 13.1 Å². The van der Waals surface area contributed by atoms with Crippen LogP contribution in [0.3, 0.4) is 0 Å². The molecule has 1 atom stereocenters. The highest BCUT2D eigenvalue weighted by Gasteiger charge is 2.23. The second kappa shape index (κ2) is 6.24. The van der Waals surface area contributed by atoms with Gasteiger partial charge in [-0.25, -0.2) is 0 Å². The van der Waals surface area contributed by atoms with Gasteiger partial charge in [0.1, 0.15) is 11.9 Å². The summed E-state index contributed by atoms with van der Waals surface area (Å²) in [5, 5.41) is 6.26. The maximum atomic E-state index is 11.9. The van der Waals surface area contributed by atoms with Gasteiger partial charge in [-0.05, 0) is 11.6 Å². The predicted octanol–water partition coefficient (Wildman–Crippen LogP) is 0.0115. The van der Waals surface area contributed by atoms with Gasteiger partial charge in [-0.1, -0.05) is 18.2 Å². The van der Waals surface area contributed by atoms with E-state index in [-0.39, 0.29) is 12.0 Å². The highest BCUT2D eigenvalue weighted by atomic mass is 16.5. The number of hydrogen-bond acceptors (Lipinski definition) is 4. The van der Waals surface area contributed by atoms with Crippen molar-refractivity contribution in [1.29, 1.82) is 0 Å². The first-order valence-electron chi connectivity index (χ1n) is 7.25. The van der Waals surface area contributed by atoms with Crippen LogP contribution in [-0.4, -0.2) is 56.2 Å². The first-order chi connectivity index (χ1) is 9.81. The van der Waals surface area contributed by atoms with E-state index in [1.54, 1.807) is 0 Å². The second-order valence-electron chi connectivity index (χ2n) is 5.38. The molecular formula is C15H21N3O2. The molecule has 20 heavy (non-hydrogen) atoms. The Bertz CT molecular complexity index is 447. The normalized spacial score (nSPS) is 22.1. The number of carbonyl (C=O) groups is 1. The molecule has 2 aliphatic heterocycles. The highest BCUT2D eigenvalue weighted by molar-refractivity contribution is 5.78. The molecule has 1 saturated heterocycles. The van der Waals surface area contributed by atoms with Crippen LogP contribution >= 0.6 is 0 Å². The van der Waals surface area contributed by atoms with Crippen LogP contribution in [0.25, 0.3) is 0 Å². The second-order valence-corrected chi connectivity index (χ2v) is 5.38. The van der Waals surface area contributed by atoms with Crippen molar-refractivity contribution in [1.82, 2.24) is 15.5 Å². The van der Waals surface area contributed by atoms with Crippen LogP contribution in [0.1, 0.15) is 5.56 Å². The predicted molar refractivity (Wildman–Crippen MR) is 76.9 cm³/mol. The molecule has 2 heterocycles. The number of nitrogens with zero attached hydrogens (tertiary/aromatic N) is 1. The Labute approximate surface area is 119 Å². The Morgan fingerprint density at radius 2 is 2.15 bits per heavy atom. The zero-order chi connectivity index (χ0) is 13.8. The molecule has 1 aromatic carbocycles. The molecule has 1 aromatic rings. The summed E-state index contributed by atoms with van der Waals surface area (Å²) in [7, 11) is 0. The molecular weight excluding hydrogens is 254 g/mol. The van der Waals surface area contributed by atoms with Crippen molar-refractivity contribution in [2.24, 2.45) is 0 Å². The number of rotatable bonds is 4. The van der Waals surface area contributed by atoms with Crippen LogP contribution in [0.5, 0.6) is 5.75 Å². The lowest BCUT2D eigenvalue weighted by Gasteiger charge is -2.26. The topological polar surface area (TPSA) is 53.6 Å². The quantitative estimate of drug-likeness (QED) is 0.813. The van der Waals surface area contributed by atoms with Crippen molar-refractivity contribution < 1.29 is 9.53 Å². The number of fused-ring (bicyclic) bond motifs is 1. The number of piperazine rings is 1. The number of carbonyl (C=O) groups excluding carboxylic acids is 1. The van der Waals surface area contributed by atoms with E-state index in [4.69, 9.17) is 4.74 Å². The number of nitrogens with one attached hydrogen (secondary N) is 2. The van der Waals surface area contributed by atoms with Crippen LogP contribution in [-0.2, 0) is 11.2 Å². The zero-order valence-corrected chi connectivity index (χ0v) is 11.6. The summed E-state index contributed by atoms with van der Waals surface area (Å²) in [5.74, 6) is 1.04. The maximum absolute atomic E-state index is 11.9. The van der Waals surface area contributed by atoms with Crippen molar-refractivity contribution in [2.45, 2.75) is 12.5 Å². The number of amides is 1. The molecule has 5 heteroatoms. The largest absolute Gasteiger partial charge is 0.488 e. The summed E-state index contributed by atoms with van der Waals surface area (Å²) in [6.45, 7) is 4.89. The summed E-state index contributed by atoms with van der Waals surface area (Å²) in [4.78, 5) is 14.1. The van der Waals surface area contributed by atoms with Gasteiger partial charge in [0.2, 0.25) is 5.91 Å². The Hall–Kier alpha value is -1.59. The van der Waals surface area contributed by atoms with Crippen molar-refractivity contribution in [3.8, 4) is 5.75 Å². The summed E-state index contributed by atoms with van der Waals surface area (Å²) < 4.78 is 5.81. The van der Waals surface area contributed by atoms with Crippen LogP contribution in [0.4, 0.5) is 0 Å². The van der Waals surface area contributed by atoms with Gasteiger partial charge in [0, 0.05) is 32.6 Å². The van der Waals surface area contributed by atoms with Gasteiger partial charge in [-0.3, -0.25) is 9.69 Å². The molecule has 3 rings (SSSR count). The molecule has 108 valence electrons. The minimum Gasteiger partial charge on any atom is -0.488 e. The molecule has 0 bridgehead atoms. The van der Waals surface area contributed by atoms with E-state index in [1.165, 1.54) is 5.56 Å². The number of para-hydroxylation sites is 1. The Kier molecular flexibility index (Phi) is 4.18. The first kappa shape index (κ1) is 13.4. The van der Waals surface area contributed by atoms with Crippen molar-refractivity contribution in [3.05, 3.63) is 29.8 Å². The van der Waals surface area contributed by atoms with Gasteiger partial charge >= 0.3 is 0 Å². The molecule has 0 radical (unpaired) electrons. The lowest BCUT2D eigenvalue weighted by Crippen LogP contribution is -2.48. The smallest absolute Gasteiger partial charge is 0.234 e. The third-order valence-corrected chi connectivity index (χ3v) is 3.82. The standard InChI is InChI=1S/C15H21N3O2/c19-15(11-18-7-5-16-6-8-18)17-10-13-9-12-3-1-2-4-14(12)20-13/h1-4,13,16H,5-11H2,(H,17,19). The lowest BCUT2D eigenvalue weighted by molar-refractivity contribution is -0.122. The SMILES string of the molecule is O=C(CN1CCNCC1)NCC1Cc2ccccc2O1. The fraction of sp³-hybridized carbons (Fsp3) is 0.533. The number of benzene rings is 1. The molecule has 2 N–H and O–H groups in total. The molecule has 0 aliphatic carbocycles. The van der Waals surface area contributed by atoms with E-state index in [2.05, 4.69) is 21.6 Å². The fourth-order valence-corrected chi connectivity index (χ4v) is 2.72. The average Bonchev–Trinajstić information content (AvgIpc) is 2.89. The third kappa shape index (κ3) is 3.29. The summed E-state index contributed by atoms with van der Waals surface area (Å²) >= 11 is 0. The van der Waals surface area contributed by atoms with Gasteiger partial charge in [0.15, 0.2) is 0 Å². The Balaban J connectivity index is 1.41. The van der Waals surface area contributed by atoms with E-state index in [0.29, 0.717) is 13.1 Å². The van der Waals surface area contributed by atoms with E-state index in [9.17, 15) is 4.79 Å². The summed E-state index contributed by atoms with van der Waals surface area (Å²) in [6.07, 6.45) is 0.948. The summed E-state index contributed by atoms with van der Waals surface area (Å²) in [6, 6.07) is 8.06. The molecule has 2 aliphatic rings. The monoisotopic (exact) mass is 275 g/mol. The molecule has 0 aromatic heterocycles.